The van der Waals surface area contributed by atoms with Crippen LogP contribution in [0.25, 0.3) is 10.9 Å². The molecular weight excluding hydrogens is 522 g/mol. The molecular formula is C24H26ClN5O4S2. The van der Waals surface area contributed by atoms with Crippen molar-refractivity contribution in [1.82, 2.24) is 14.7 Å². The number of methoxy groups -OCH3 is 1. The maximum absolute atomic E-state index is 13.0. The van der Waals surface area contributed by atoms with Crippen LogP contribution in [0.1, 0.15) is 18.1 Å². The number of carbonyl (C=O) groups is 1. The molecule has 190 valence electrons. The van der Waals surface area contributed by atoms with E-state index in [1.54, 1.807) is 17.7 Å². The summed E-state index contributed by atoms with van der Waals surface area (Å²) in [6.07, 6.45) is 0. The number of carbonyl (C=O) groups excluding carboxylic acids is 1. The molecule has 12 heteroatoms. The number of benzene rings is 2. The Hall–Kier alpha value is -3.12. The molecule has 2 heterocycles. The molecule has 0 fully saturated rings. The molecule has 0 unspecified atom stereocenters. The van der Waals surface area contributed by atoms with Crippen molar-refractivity contribution in [2.75, 3.05) is 18.9 Å². The summed E-state index contributed by atoms with van der Waals surface area (Å²) >= 11 is 6.91. The third-order valence-corrected chi connectivity index (χ3v) is 8.89. The largest absolute Gasteiger partial charge is 0.496 e. The van der Waals surface area contributed by atoms with Crippen molar-refractivity contribution in [1.29, 1.82) is 0 Å². The first-order valence-electron chi connectivity index (χ1n) is 11.0. The lowest BCUT2D eigenvalue weighted by molar-refractivity contribution is -0.122. The number of anilines is 1. The second-order valence-corrected chi connectivity index (χ2v) is 12.0. The van der Waals surface area contributed by atoms with Gasteiger partial charge in [-0.05, 0) is 49.4 Å². The highest BCUT2D eigenvalue weighted by molar-refractivity contribution is 7.94. The van der Waals surface area contributed by atoms with Crippen molar-refractivity contribution in [3.63, 3.8) is 0 Å². The van der Waals surface area contributed by atoms with Gasteiger partial charge in [0.2, 0.25) is 5.91 Å². The quantitative estimate of drug-likeness (QED) is 0.310. The van der Waals surface area contributed by atoms with Gasteiger partial charge in [0, 0.05) is 6.54 Å². The van der Waals surface area contributed by atoms with E-state index in [-0.39, 0.29) is 15.9 Å². The lowest BCUT2D eigenvalue weighted by Gasteiger charge is -2.22. The van der Waals surface area contributed by atoms with Crippen LogP contribution in [-0.2, 0) is 27.9 Å². The number of rotatable bonds is 10. The van der Waals surface area contributed by atoms with Crippen LogP contribution in [0.2, 0.25) is 4.34 Å². The maximum Gasteiger partial charge on any atom is 0.272 e. The molecule has 0 radical (unpaired) electrons. The van der Waals surface area contributed by atoms with E-state index in [9.17, 15) is 13.2 Å². The number of hydrogen-bond acceptors (Lipinski definition) is 7. The topological polar surface area (TPSA) is 120 Å². The number of halogens is 1. The second kappa shape index (κ2) is 10.5. The van der Waals surface area contributed by atoms with Crippen LogP contribution in [0, 0.1) is 0 Å². The third kappa shape index (κ3) is 5.49. The molecule has 0 aliphatic rings. The fraction of sp³-hybridized carbons (Fsp3) is 0.250. The lowest BCUT2D eigenvalue weighted by Crippen LogP contribution is -2.39. The SMILES string of the molecule is COc1cccc2c1c(NS(=O)(=O)c1ccc(Cl)s1)nn2Cc1cccc(CN(C)[C@@H](C)C(N)=O)c1. The average Bonchev–Trinajstić information content (AvgIpc) is 3.42. The Labute approximate surface area is 218 Å². The highest BCUT2D eigenvalue weighted by atomic mass is 35.5. The molecule has 36 heavy (non-hydrogen) atoms. The van der Waals surface area contributed by atoms with Crippen LogP contribution in [0.15, 0.2) is 58.8 Å². The fourth-order valence-corrected chi connectivity index (χ4v) is 6.31. The van der Waals surface area contributed by atoms with Crippen LogP contribution in [-0.4, -0.2) is 49.2 Å². The van der Waals surface area contributed by atoms with E-state index >= 15 is 0 Å². The number of sulfonamides is 1. The Morgan fingerprint density at radius 1 is 1.22 bits per heavy atom. The number of primary amides is 1. The van der Waals surface area contributed by atoms with E-state index in [4.69, 9.17) is 22.1 Å². The van der Waals surface area contributed by atoms with Crippen molar-refractivity contribution in [2.24, 2.45) is 5.73 Å². The molecule has 0 saturated carbocycles. The first-order valence-corrected chi connectivity index (χ1v) is 13.7. The van der Waals surface area contributed by atoms with Gasteiger partial charge in [-0.1, -0.05) is 41.9 Å². The Morgan fingerprint density at radius 3 is 2.61 bits per heavy atom. The number of nitrogens with zero attached hydrogens (tertiary/aromatic N) is 3. The van der Waals surface area contributed by atoms with E-state index in [0.717, 1.165) is 22.5 Å². The van der Waals surface area contributed by atoms with Crippen molar-refractivity contribution in [2.45, 2.75) is 30.3 Å². The van der Waals surface area contributed by atoms with E-state index in [2.05, 4.69) is 9.82 Å². The summed E-state index contributed by atoms with van der Waals surface area (Å²) in [4.78, 5) is 13.4. The zero-order chi connectivity index (χ0) is 26.0. The van der Waals surface area contributed by atoms with Crippen LogP contribution in [0.4, 0.5) is 5.82 Å². The summed E-state index contributed by atoms with van der Waals surface area (Å²) < 4.78 is 36.3. The smallest absolute Gasteiger partial charge is 0.272 e. The van der Waals surface area contributed by atoms with E-state index in [0.29, 0.717) is 34.1 Å². The number of nitrogens with two attached hydrogens (primary N) is 1. The van der Waals surface area contributed by atoms with Gasteiger partial charge < -0.3 is 10.5 Å². The number of likely N-dealkylation sites (N-methyl/N-ethyl adjacent to an activating group) is 1. The van der Waals surface area contributed by atoms with Crippen molar-refractivity contribution < 1.29 is 17.9 Å². The number of aromatic nitrogens is 2. The van der Waals surface area contributed by atoms with Gasteiger partial charge in [-0.2, -0.15) is 5.10 Å². The molecule has 0 aliphatic heterocycles. The van der Waals surface area contributed by atoms with Crippen molar-refractivity contribution in [3.8, 4) is 5.75 Å². The monoisotopic (exact) mass is 547 g/mol. The Kier molecular flexibility index (Phi) is 7.55. The average molecular weight is 548 g/mol. The minimum Gasteiger partial charge on any atom is -0.496 e. The molecule has 4 aromatic rings. The minimum absolute atomic E-state index is 0.0899. The molecule has 3 N–H and O–H groups in total. The Balaban J connectivity index is 1.68. The Morgan fingerprint density at radius 2 is 1.94 bits per heavy atom. The molecule has 0 spiro atoms. The van der Waals surface area contributed by atoms with Crippen LogP contribution >= 0.6 is 22.9 Å². The predicted octanol–water partition coefficient (Wildman–Crippen LogP) is 3.91. The van der Waals surface area contributed by atoms with Crippen molar-refractivity contribution >= 4 is 55.6 Å². The lowest BCUT2D eigenvalue weighted by atomic mass is 10.1. The summed E-state index contributed by atoms with van der Waals surface area (Å²) in [5.74, 6) is 0.278. The summed E-state index contributed by atoms with van der Waals surface area (Å²) in [6, 6.07) is 15.9. The maximum atomic E-state index is 13.0. The summed E-state index contributed by atoms with van der Waals surface area (Å²) in [5.41, 5.74) is 8.10. The normalized spacial score (nSPS) is 12.7. The van der Waals surface area contributed by atoms with Gasteiger partial charge in [-0.15, -0.1) is 11.3 Å². The van der Waals surface area contributed by atoms with E-state index in [1.165, 1.54) is 19.2 Å². The molecule has 2 aromatic carbocycles. The van der Waals surface area contributed by atoms with Crippen LogP contribution in [0.5, 0.6) is 5.75 Å². The first-order chi connectivity index (χ1) is 17.1. The molecule has 0 saturated heterocycles. The molecule has 9 nitrogen and oxygen atoms in total. The minimum atomic E-state index is -3.89. The van der Waals surface area contributed by atoms with E-state index in [1.807, 2.05) is 48.3 Å². The van der Waals surface area contributed by atoms with Gasteiger partial charge in [0.25, 0.3) is 10.0 Å². The zero-order valence-electron chi connectivity index (χ0n) is 19.9. The molecule has 0 aliphatic carbocycles. The fourth-order valence-electron chi connectivity index (χ4n) is 3.82. The van der Waals surface area contributed by atoms with Crippen LogP contribution < -0.4 is 15.2 Å². The molecule has 0 bridgehead atoms. The number of fused-ring (bicyclic) bond motifs is 1. The summed E-state index contributed by atoms with van der Waals surface area (Å²) in [5, 5.41) is 5.15. The highest BCUT2D eigenvalue weighted by Gasteiger charge is 2.23. The first kappa shape index (κ1) is 26.0. The number of thiophene rings is 1. The van der Waals surface area contributed by atoms with Crippen LogP contribution in [0.3, 0.4) is 0 Å². The van der Waals surface area contributed by atoms with Gasteiger partial charge in [0.1, 0.15) is 9.96 Å². The number of ether oxygens (including phenoxy) is 1. The standard InChI is InChI=1S/C24H26ClN5O4S2/c1-15(23(26)31)29(2)13-16-6-4-7-17(12-16)14-30-18-8-5-9-19(34-3)22(18)24(27-30)28-36(32,33)21-11-10-20(25)35-21/h4-12,15H,13-14H2,1-3H3,(H2,26,31)(H,27,28)/t15-/m0/s1. The summed E-state index contributed by atoms with van der Waals surface area (Å²) in [7, 11) is -0.528. The van der Waals surface area contributed by atoms with Gasteiger partial charge in [-0.25, -0.2) is 8.42 Å². The summed E-state index contributed by atoms with van der Waals surface area (Å²) in [6.45, 7) is 2.70. The predicted molar refractivity (Wildman–Crippen MR) is 142 cm³/mol. The molecule has 2 aromatic heterocycles. The van der Waals surface area contributed by atoms with Gasteiger partial charge in [0.05, 0.1) is 34.9 Å². The zero-order valence-corrected chi connectivity index (χ0v) is 22.3. The van der Waals surface area contributed by atoms with Gasteiger partial charge in [-0.3, -0.25) is 19.1 Å². The van der Waals surface area contributed by atoms with Gasteiger partial charge in [0.15, 0.2) is 5.82 Å². The third-order valence-electron chi connectivity index (χ3n) is 5.83. The van der Waals surface area contributed by atoms with E-state index < -0.39 is 16.1 Å². The number of nitrogens with one attached hydrogen (secondary N) is 1. The number of amides is 1. The van der Waals surface area contributed by atoms with Gasteiger partial charge >= 0.3 is 0 Å². The molecule has 4 rings (SSSR count). The van der Waals surface area contributed by atoms with Crippen molar-refractivity contribution in [3.05, 3.63) is 70.1 Å². The molecule has 1 atom stereocenters. The second-order valence-electron chi connectivity index (χ2n) is 8.34. The molecule has 1 amide bonds. The Bertz CT molecular complexity index is 1520. The number of hydrogen-bond donors (Lipinski definition) is 2. The highest BCUT2D eigenvalue weighted by Crippen LogP contribution is 2.35.